The van der Waals surface area contributed by atoms with Crippen LogP contribution in [-0.4, -0.2) is 26.9 Å². The van der Waals surface area contributed by atoms with Gasteiger partial charge in [0.25, 0.3) is 5.56 Å². The number of allylic oxidation sites excluding steroid dienone is 1. The van der Waals surface area contributed by atoms with E-state index < -0.39 is 12.0 Å². The van der Waals surface area contributed by atoms with E-state index >= 15 is 0 Å². The number of rotatable bonds is 5. The Labute approximate surface area is 177 Å². The summed E-state index contributed by atoms with van der Waals surface area (Å²) in [4.78, 5) is 31.3. The second-order valence-electron chi connectivity index (χ2n) is 6.84. The first-order valence-corrected chi connectivity index (χ1v) is 10.6. The molecule has 0 spiro atoms. The van der Waals surface area contributed by atoms with Gasteiger partial charge in [0.15, 0.2) is 4.80 Å². The van der Waals surface area contributed by atoms with Gasteiger partial charge in [0.1, 0.15) is 0 Å². The van der Waals surface area contributed by atoms with Crippen LogP contribution in [0.15, 0.2) is 63.8 Å². The molecule has 3 heterocycles. The summed E-state index contributed by atoms with van der Waals surface area (Å²) in [5, 5.41) is 4.26. The van der Waals surface area contributed by atoms with Gasteiger partial charge in [0.2, 0.25) is 0 Å². The maximum absolute atomic E-state index is 13.4. The SMILES string of the molecule is CCOC(=O)C1=C(C)N=c2s/c(=C/c3cnn(CC)c3)c(=O)n2C1c1ccccc1. The van der Waals surface area contributed by atoms with Gasteiger partial charge in [-0.2, -0.15) is 5.10 Å². The second kappa shape index (κ2) is 8.23. The molecule has 4 rings (SSSR count). The highest BCUT2D eigenvalue weighted by molar-refractivity contribution is 7.07. The summed E-state index contributed by atoms with van der Waals surface area (Å²) in [7, 11) is 0. The molecule has 1 aliphatic rings. The van der Waals surface area contributed by atoms with E-state index in [4.69, 9.17) is 4.74 Å². The van der Waals surface area contributed by atoms with E-state index in [0.717, 1.165) is 17.7 Å². The van der Waals surface area contributed by atoms with Crippen LogP contribution in [-0.2, 0) is 16.1 Å². The van der Waals surface area contributed by atoms with Crippen molar-refractivity contribution in [3.05, 3.63) is 84.8 Å². The molecule has 8 heteroatoms. The molecule has 1 atom stereocenters. The Balaban J connectivity index is 1.93. The lowest BCUT2D eigenvalue weighted by molar-refractivity contribution is -0.139. The van der Waals surface area contributed by atoms with Gasteiger partial charge in [-0.05, 0) is 32.4 Å². The van der Waals surface area contributed by atoms with Crippen LogP contribution in [0.25, 0.3) is 6.08 Å². The highest BCUT2D eigenvalue weighted by Crippen LogP contribution is 2.30. The van der Waals surface area contributed by atoms with Crippen LogP contribution in [0.2, 0.25) is 0 Å². The van der Waals surface area contributed by atoms with E-state index in [9.17, 15) is 9.59 Å². The lowest BCUT2D eigenvalue weighted by Gasteiger charge is -2.24. The smallest absolute Gasteiger partial charge is 0.338 e. The van der Waals surface area contributed by atoms with Crippen LogP contribution in [0.4, 0.5) is 0 Å². The first kappa shape index (κ1) is 20.0. The maximum atomic E-state index is 13.4. The van der Waals surface area contributed by atoms with Crippen LogP contribution in [0.1, 0.15) is 37.9 Å². The molecule has 3 aromatic rings. The van der Waals surface area contributed by atoms with E-state index in [1.165, 1.54) is 11.3 Å². The number of thiazole rings is 1. The Hall–Kier alpha value is -3.26. The Morgan fingerprint density at radius 1 is 1.27 bits per heavy atom. The van der Waals surface area contributed by atoms with E-state index in [0.29, 0.717) is 20.6 Å². The van der Waals surface area contributed by atoms with E-state index in [1.54, 1.807) is 29.3 Å². The average molecular weight is 423 g/mol. The van der Waals surface area contributed by atoms with Crippen LogP contribution in [0.5, 0.6) is 0 Å². The molecule has 1 aliphatic heterocycles. The molecule has 154 valence electrons. The van der Waals surface area contributed by atoms with Gasteiger partial charge in [0.05, 0.1) is 34.6 Å². The largest absolute Gasteiger partial charge is 0.463 e. The Bertz CT molecular complexity index is 1300. The molecule has 7 nitrogen and oxygen atoms in total. The summed E-state index contributed by atoms with van der Waals surface area (Å²) >= 11 is 1.31. The summed E-state index contributed by atoms with van der Waals surface area (Å²) in [5.41, 5.74) is 2.45. The van der Waals surface area contributed by atoms with Gasteiger partial charge in [-0.1, -0.05) is 41.7 Å². The highest BCUT2D eigenvalue weighted by atomic mass is 32.1. The minimum Gasteiger partial charge on any atom is -0.463 e. The van der Waals surface area contributed by atoms with Crippen molar-refractivity contribution in [2.45, 2.75) is 33.4 Å². The average Bonchev–Trinajstić information content (AvgIpc) is 3.32. The standard InChI is InChI=1S/C22H22N4O3S/c1-4-25-13-15(12-23-25)11-17-20(27)26-19(16-9-7-6-8-10-16)18(21(28)29-5-2)14(3)24-22(26)30-17/h6-13,19H,4-5H2,1-3H3/b17-11+. The molecule has 30 heavy (non-hydrogen) atoms. The van der Waals surface area contributed by atoms with Gasteiger partial charge in [-0.25, -0.2) is 9.79 Å². The number of nitrogens with zero attached hydrogens (tertiary/aromatic N) is 4. The number of benzene rings is 1. The third kappa shape index (κ3) is 3.54. The summed E-state index contributed by atoms with van der Waals surface area (Å²) < 4.78 is 9.23. The predicted octanol–water partition coefficient (Wildman–Crippen LogP) is 2.01. The van der Waals surface area contributed by atoms with Crippen molar-refractivity contribution < 1.29 is 9.53 Å². The summed E-state index contributed by atoms with van der Waals surface area (Å²) in [6, 6.07) is 8.92. The van der Waals surface area contributed by atoms with Crippen LogP contribution in [0.3, 0.4) is 0 Å². The first-order chi connectivity index (χ1) is 14.5. The van der Waals surface area contributed by atoms with Crippen molar-refractivity contribution in [3.8, 4) is 0 Å². The zero-order valence-electron chi connectivity index (χ0n) is 17.0. The molecule has 0 saturated carbocycles. The number of hydrogen-bond donors (Lipinski definition) is 0. The molecule has 0 amide bonds. The number of fused-ring (bicyclic) bond motifs is 1. The number of aromatic nitrogens is 3. The van der Waals surface area contributed by atoms with Gasteiger partial charge < -0.3 is 4.74 Å². The van der Waals surface area contributed by atoms with Crippen LogP contribution in [0, 0.1) is 0 Å². The molecule has 0 aliphatic carbocycles. The molecule has 2 aromatic heterocycles. The maximum Gasteiger partial charge on any atom is 0.338 e. The fourth-order valence-corrected chi connectivity index (χ4v) is 4.57. The van der Waals surface area contributed by atoms with Crippen molar-refractivity contribution in [3.63, 3.8) is 0 Å². The number of ether oxygens (including phenoxy) is 1. The Morgan fingerprint density at radius 3 is 2.70 bits per heavy atom. The summed E-state index contributed by atoms with van der Waals surface area (Å²) in [6.45, 7) is 6.56. The zero-order valence-corrected chi connectivity index (χ0v) is 17.8. The molecule has 0 N–H and O–H groups in total. The van der Waals surface area contributed by atoms with Crippen LogP contribution < -0.4 is 14.9 Å². The minimum atomic E-state index is -0.581. The normalized spacial score (nSPS) is 16.4. The molecule has 1 aromatic carbocycles. The van der Waals surface area contributed by atoms with Gasteiger partial charge in [-0.15, -0.1) is 0 Å². The number of carbonyl (C=O) groups is 1. The van der Waals surface area contributed by atoms with E-state index in [1.807, 2.05) is 49.5 Å². The monoisotopic (exact) mass is 422 g/mol. The summed E-state index contributed by atoms with van der Waals surface area (Å²) in [5.74, 6) is -0.453. The fraction of sp³-hybridized carbons (Fsp3) is 0.273. The Kier molecular flexibility index (Phi) is 5.50. The zero-order chi connectivity index (χ0) is 21.3. The van der Waals surface area contributed by atoms with Crippen molar-refractivity contribution in [2.24, 2.45) is 4.99 Å². The first-order valence-electron chi connectivity index (χ1n) is 9.80. The molecule has 0 saturated heterocycles. The number of aryl methyl sites for hydroxylation is 1. The van der Waals surface area contributed by atoms with Crippen molar-refractivity contribution in [1.82, 2.24) is 14.3 Å². The fourth-order valence-electron chi connectivity index (χ4n) is 3.52. The quantitative estimate of drug-likeness (QED) is 0.590. The lowest BCUT2D eigenvalue weighted by atomic mass is 9.96. The summed E-state index contributed by atoms with van der Waals surface area (Å²) in [6.07, 6.45) is 5.43. The number of esters is 1. The van der Waals surface area contributed by atoms with Gasteiger partial charge >= 0.3 is 5.97 Å². The van der Waals surface area contributed by atoms with Crippen molar-refractivity contribution in [2.75, 3.05) is 6.61 Å². The van der Waals surface area contributed by atoms with Gasteiger partial charge in [-0.3, -0.25) is 14.0 Å². The third-order valence-corrected chi connectivity index (χ3v) is 5.89. The minimum absolute atomic E-state index is 0.189. The lowest BCUT2D eigenvalue weighted by Crippen LogP contribution is -2.39. The third-order valence-electron chi connectivity index (χ3n) is 4.91. The second-order valence-corrected chi connectivity index (χ2v) is 7.85. The predicted molar refractivity (Wildman–Crippen MR) is 115 cm³/mol. The van der Waals surface area contributed by atoms with E-state index in [2.05, 4.69) is 10.1 Å². The molecule has 0 fully saturated rings. The van der Waals surface area contributed by atoms with Crippen molar-refractivity contribution in [1.29, 1.82) is 0 Å². The molecular formula is C22H22N4O3S. The van der Waals surface area contributed by atoms with Crippen LogP contribution >= 0.6 is 11.3 Å². The number of hydrogen-bond acceptors (Lipinski definition) is 6. The highest BCUT2D eigenvalue weighted by Gasteiger charge is 2.33. The van der Waals surface area contributed by atoms with E-state index in [-0.39, 0.29) is 12.2 Å². The van der Waals surface area contributed by atoms with Gasteiger partial charge in [0, 0.05) is 18.3 Å². The molecular weight excluding hydrogens is 400 g/mol. The number of carbonyl (C=O) groups excluding carboxylic acids is 1. The van der Waals surface area contributed by atoms with Crippen molar-refractivity contribution >= 4 is 23.4 Å². The molecule has 0 radical (unpaired) electrons. The molecule has 0 bridgehead atoms. The Morgan fingerprint density at radius 2 is 2.03 bits per heavy atom. The topological polar surface area (TPSA) is 78.5 Å². The molecule has 1 unspecified atom stereocenters.